The van der Waals surface area contributed by atoms with Crippen LogP contribution in [0.25, 0.3) is 0 Å². The Kier molecular flexibility index (Phi) is 4.98. The minimum absolute atomic E-state index is 0.279. The molecule has 1 fully saturated rings. The third-order valence-corrected chi connectivity index (χ3v) is 2.68. The molecule has 0 aliphatic heterocycles. The fourth-order valence-electron chi connectivity index (χ4n) is 1.72. The summed E-state index contributed by atoms with van der Waals surface area (Å²) in [7, 11) is 0. The maximum absolute atomic E-state index is 11.9. The lowest BCUT2D eigenvalue weighted by Gasteiger charge is -2.23. The zero-order valence-electron chi connectivity index (χ0n) is 9.96. The maximum Gasteiger partial charge on any atom is 0.490 e. The number of alkyl halides is 3. The van der Waals surface area contributed by atoms with Crippen molar-refractivity contribution in [3.63, 3.8) is 0 Å². The van der Waals surface area contributed by atoms with Gasteiger partial charge in [0.1, 0.15) is 6.10 Å². The molecule has 1 unspecified atom stereocenters. The molecule has 0 bridgehead atoms. The molecule has 0 aromatic carbocycles. The fraction of sp³-hybridized carbons (Fsp3) is 0.818. The predicted molar refractivity (Wildman–Crippen MR) is 54.6 cm³/mol. The Balaban J connectivity index is 2.39. The molecule has 0 aromatic heterocycles. The quantitative estimate of drug-likeness (QED) is 0.737. The van der Waals surface area contributed by atoms with Gasteiger partial charge in [-0.1, -0.05) is 6.42 Å². The molecule has 0 saturated heterocycles. The van der Waals surface area contributed by atoms with Gasteiger partial charge in [-0.15, -0.1) is 0 Å². The van der Waals surface area contributed by atoms with Crippen LogP contribution in [0.1, 0.15) is 39.0 Å². The second-order valence-electron chi connectivity index (χ2n) is 4.24. The summed E-state index contributed by atoms with van der Waals surface area (Å²) in [6.45, 7) is 1.06. The first-order valence-electron chi connectivity index (χ1n) is 5.79. The summed E-state index contributed by atoms with van der Waals surface area (Å²) in [5, 5.41) is 0. The van der Waals surface area contributed by atoms with Gasteiger partial charge in [0.25, 0.3) is 0 Å². The zero-order valence-corrected chi connectivity index (χ0v) is 9.96. The summed E-state index contributed by atoms with van der Waals surface area (Å²) >= 11 is 0. The van der Waals surface area contributed by atoms with E-state index >= 15 is 0 Å². The second kappa shape index (κ2) is 6.06. The second-order valence-corrected chi connectivity index (χ2v) is 4.24. The van der Waals surface area contributed by atoms with Crippen molar-refractivity contribution in [2.45, 2.75) is 57.4 Å². The number of hydrogen-bond acceptors (Lipinski definition) is 4. The van der Waals surface area contributed by atoms with E-state index in [-0.39, 0.29) is 6.10 Å². The van der Waals surface area contributed by atoms with Gasteiger partial charge in [-0.25, -0.2) is 9.59 Å². The van der Waals surface area contributed by atoms with Gasteiger partial charge < -0.3 is 9.47 Å². The fourth-order valence-corrected chi connectivity index (χ4v) is 1.72. The van der Waals surface area contributed by atoms with Crippen LogP contribution in [-0.4, -0.2) is 30.3 Å². The van der Waals surface area contributed by atoms with Crippen molar-refractivity contribution in [1.29, 1.82) is 0 Å². The Morgan fingerprint density at radius 3 is 2.22 bits per heavy atom. The van der Waals surface area contributed by atoms with Crippen molar-refractivity contribution in [3.05, 3.63) is 0 Å². The summed E-state index contributed by atoms with van der Waals surface area (Å²) in [5.74, 6) is -3.31. The van der Waals surface area contributed by atoms with Crippen LogP contribution in [0.15, 0.2) is 0 Å². The van der Waals surface area contributed by atoms with E-state index in [1.54, 1.807) is 0 Å². The smallest absolute Gasteiger partial charge is 0.460 e. The number of rotatable bonds is 3. The van der Waals surface area contributed by atoms with Crippen LogP contribution in [-0.2, 0) is 19.1 Å². The van der Waals surface area contributed by atoms with Gasteiger partial charge in [-0.2, -0.15) is 13.2 Å². The highest BCUT2D eigenvalue weighted by Gasteiger charge is 2.43. The monoisotopic (exact) mass is 268 g/mol. The highest BCUT2D eigenvalue weighted by Crippen LogP contribution is 2.22. The Morgan fingerprint density at radius 2 is 1.72 bits per heavy atom. The first kappa shape index (κ1) is 14.8. The normalized spacial score (nSPS) is 19.1. The van der Waals surface area contributed by atoms with Crippen molar-refractivity contribution >= 4 is 11.9 Å². The van der Waals surface area contributed by atoms with E-state index < -0.39 is 24.2 Å². The van der Waals surface area contributed by atoms with Gasteiger partial charge in [-0.05, 0) is 32.6 Å². The highest BCUT2D eigenvalue weighted by molar-refractivity contribution is 5.81. The molecular weight excluding hydrogens is 253 g/mol. The van der Waals surface area contributed by atoms with Gasteiger partial charge in [0.2, 0.25) is 0 Å². The standard InChI is InChI=1S/C11H15F3O4/c1-7(17-10(16)11(12,13)14)9(15)18-8-5-3-2-4-6-8/h7-8H,2-6H2,1H3. The van der Waals surface area contributed by atoms with E-state index in [9.17, 15) is 22.8 Å². The third kappa shape index (κ3) is 4.54. The number of carbonyl (C=O) groups excluding carboxylic acids is 2. The lowest BCUT2D eigenvalue weighted by molar-refractivity contribution is -0.208. The molecule has 7 heteroatoms. The Labute approximate surface area is 102 Å². The van der Waals surface area contributed by atoms with Crippen LogP contribution >= 0.6 is 0 Å². The van der Waals surface area contributed by atoms with Gasteiger partial charge >= 0.3 is 18.1 Å². The van der Waals surface area contributed by atoms with Gasteiger partial charge in [0.15, 0.2) is 6.10 Å². The molecule has 1 aliphatic carbocycles. The minimum atomic E-state index is -5.10. The van der Waals surface area contributed by atoms with E-state index in [1.165, 1.54) is 0 Å². The average molecular weight is 268 g/mol. The summed E-state index contributed by atoms with van der Waals surface area (Å²) in [5.41, 5.74) is 0. The van der Waals surface area contributed by atoms with Crippen LogP contribution in [0.4, 0.5) is 13.2 Å². The van der Waals surface area contributed by atoms with Gasteiger partial charge in [0.05, 0.1) is 0 Å². The predicted octanol–water partition coefficient (Wildman–Crippen LogP) is 2.36. The molecule has 0 amide bonds. The van der Waals surface area contributed by atoms with Crippen molar-refractivity contribution in [1.82, 2.24) is 0 Å². The van der Waals surface area contributed by atoms with Crippen LogP contribution in [0.3, 0.4) is 0 Å². The van der Waals surface area contributed by atoms with E-state index in [1.807, 2.05) is 0 Å². The molecule has 0 heterocycles. The van der Waals surface area contributed by atoms with Crippen molar-refractivity contribution < 1.29 is 32.2 Å². The third-order valence-electron chi connectivity index (χ3n) is 2.68. The Bertz CT molecular complexity index is 308. The van der Waals surface area contributed by atoms with E-state index in [4.69, 9.17) is 4.74 Å². The maximum atomic E-state index is 11.9. The molecular formula is C11H15F3O4. The largest absolute Gasteiger partial charge is 0.490 e. The molecule has 4 nitrogen and oxygen atoms in total. The number of halogens is 3. The number of ether oxygens (including phenoxy) is 2. The molecule has 0 radical (unpaired) electrons. The molecule has 0 aromatic rings. The van der Waals surface area contributed by atoms with E-state index in [2.05, 4.69) is 4.74 Å². The number of hydrogen-bond donors (Lipinski definition) is 0. The van der Waals surface area contributed by atoms with Crippen LogP contribution in [0.2, 0.25) is 0 Å². The van der Waals surface area contributed by atoms with Crippen molar-refractivity contribution in [2.24, 2.45) is 0 Å². The summed E-state index contributed by atoms with van der Waals surface area (Å²) in [6.07, 6.45) is -2.61. The molecule has 1 rings (SSSR count). The topological polar surface area (TPSA) is 52.6 Å². The molecule has 1 saturated carbocycles. The molecule has 18 heavy (non-hydrogen) atoms. The Hall–Kier alpha value is -1.27. The SMILES string of the molecule is CC(OC(=O)C(F)(F)F)C(=O)OC1CCCCC1. The van der Waals surface area contributed by atoms with Gasteiger partial charge in [0, 0.05) is 0 Å². The van der Waals surface area contributed by atoms with Crippen molar-refractivity contribution in [2.75, 3.05) is 0 Å². The molecule has 1 atom stereocenters. The highest BCUT2D eigenvalue weighted by atomic mass is 19.4. The number of esters is 2. The van der Waals surface area contributed by atoms with Crippen LogP contribution in [0.5, 0.6) is 0 Å². The average Bonchev–Trinajstić information content (AvgIpc) is 2.28. The van der Waals surface area contributed by atoms with E-state index in [0.29, 0.717) is 12.8 Å². The summed E-state index contributed by atoms with van der Waals surface area (Å²) in [6, 6.07) is 0. The molecule has 0 N–H and O–H groups in total. The van der Waals surface area contributed by atoms with Gasteiger partial charge in [-0.3, -0.25) is 0 Å². The summed E-state index contributed by atoms with van der Waals surface area (Å²) in [4.78, 5) is 21.9. The number of carbonyl (C=O) groups is 2. The minimum Gasteiger partial charge on any atom is -0.460 e. The first-order chi connectivity index (χ1) is 8.30. The summed E-state index contributed by atoms with van der Waals surface area (Å²) < 4.78 is 44.7. The van der Waals surface area contributed by atoms with E-state index in [0.717, 1.165) is 26.2 Å². The molecule has 0 spiro atoms. The Morgan fingerprint density at radius 1 is 1.17 bits per heavy atom. The lowest BCUT2D eigenvalue weighted by atomic mass is 9.98. The van der Waals surface area contributed by atoms with Crippen LogP contribution < -0.4 is 0 Å². The first-order valence-corrected chi connectivity index (χ1v) is 5.79. The van der Waals surface area contributed by atoms with Crippen molar-refractivity contribution in [3.8, 4) is 0 Å². The molecule has 104 valence electrons. The zero-order chi connectivity index (χ0) is 13.8. The lowest BCUT2D eigenvalue weighted by Crippen LogP contribution is -2.35. The molecule has 1 aliphatic rings. The van der Waals surface area contributed by atoms with Crippen LogP contribution in [0, 0.1) is 0 Å².